The summed E-state index contributed by atoms with van der Waals surface area (Å²) in [6.45, 7) is 0.782. The molecule has 0 aliphatic carbocycles. The minimum atomic E-state index is -3.97. The minimum Gasteiger partial charge on any atom is -0.480 e. The highest BCUT2D eigenvalue weighted by atomic mass is 32.2. The Morgan fingerprint density at radius 1 is 1.58 bits per heavy atom. The molecule has 10 heteroatoms. The van der Waals surface area contributed by atoms with Gasteiger partial charge < -0.3 is 9.84 Å². The molecule has 0 aliphatic heterocycles. The summed E-state index contributed by atoms with van der Waals surface area (Å²) in [6, 6.07) is 0. The van der Waals surface area contributed by atoms with Crippen LogP contribution in [-0.4, -0.2) is 47.6 Å². The molecular weight excluding hydrogens is 278 g/mol. The number of aliphatic carboxylic acids is 1. The largest absolute Gasteiger partial charge is 0.480 e. The number of anilines is 1. The summed E-state index contributed by atoms with van der Waals surface area (Å²) >= 11 is 0. The normalized spacial score (nSPS) is 12.7. The first-order chi connectivity index (χ1) is 8.76. The zero-order valence-corrected chi connectivity index (χ0v) is 11.0. The Morgan fingerprint density at radius 3 is 2.74 bits per heavy atom. The summed E-state index contributed by atoms with van der Waals surface area (Å²) < 4.78 is 31.0. The molecule has 0 aliphatic rings. The first-order valence-electron chi connectivity index (χ1n) is 5.10. The number of carboxylic acid groups (broad SMARTS) is 1. The fourth-order valence-corrected chi connectivity index (χ4v) is 2.15. The summed E-state index contributed by atoms with van der Waals surface area (Å²) in [5.74, 6) is -2.01. The zero-order chi connectivity index (χ0) is 14.6. The van der Waals surface area contributed by atoms with E-state index in [1.807, 2.05) is 0 Å². The molecule has 0 saturated heterocycles. The van der Waals surface area contributed by atoms with Crippen molar-refractivity contribution >= 4 is 27.6 Å². The van der Waals surface area contributed by atoms with Crippen LogP contribution < -0.4 is 4.72 Å². The summed E-state index contributed by atoms with van der Waals surface area (Å²) in [6.07, 6.45) is 2.35. The van der Waals surface area contributed by atoms with Gasteiger partial charge in [0.25, 0.3) is 0 Å². The van der Waals surface area contributed by atoms with Gasteiger partial charge in [0.2, 0.25) is 10.0 Å². The van der Waals surface area contributed by atoms with Crippen molar-refractivity contribution in [2.75, 3.05) is 11.8 Å². The summed E-state index contributed by atoms with van der Waals surface area (Å²) in [5, 5.41) is 10.8. The summed E-state index contributed by atoms with van der Waals surface area (Å²) in [5.41, 5.74) is 0.0667. The number of methoxy groups -OCH3 is 1. The number of aromatic nitrogens is 2. The number of carboxylic acids is 1. The molecule has 0 saturated carbocycles. The third kappa shape index (κ3) is 3.95. The number of hydrogen-bond acceptors (Lipinski definition) is 6. The van der Waals surface area contributed by atoms with Crippen LogP contribution in [0.2, 0.25) is 0 Å². The van der Waals surface area contributed by atoms with Crippen LogP contribution in [0.3, 0.4) is 0 Å². The lowest BCUT2D eigenvalue weighted by molar-refractivity contribution is -0.140. The fourth-order valence-electron chi connectivity index (χ4n) is 1.19. The van der Waals surface area contributed by atoms with E-state index < -0.39 is 33.8 Å². The van der Waals surface area contributed by atoms with Crippen LogP contribution >= 0.6 is 0 Å². The first-order valence-corrected chi connectivity index (χ1v) is 6.64. The number of ether oxygens (including phenoxy) is 1. The van der Waals surface area contributed by atoms with Gasteiger partial charge in [-0.2, -0.15) is 5.10 Å². The minimum absolute atomic E-state index is 0.0667. The molecule has 1 rings (SSSR count). The van der Waals surface area contributed by atoms with Gasteiger partial charge >= 0.3 is 11.9 Å². The molecule has 19 heavy (non-hydrogen) atoms. The average Bonchev–Trinajstić information content (AvgIpc) is 2.72. The van der Waals surface area contributed by atoms with Crippen molar-refractivity contribution < 1.29 is 27.9 Å². The van der Waals surface area contributed by atoms with Crippen molar-refractivity contribution in [3.05, 3.63) is 12.4 Å². The quantitative estimate of drug-likeness (QED) is 0.661. The van der Waals surface area contributed by atoms with Gasteiger partial charge in [0, 0.05) is 6.20 Å². The highest BCUT2D eigenvalue weighted by molar-refractivity contribution is 7.94. The Kier molecular flexibility index (Phi) is 4.48. The molecule has 106 valence electrons. The van der Waals surface area contributed by atoms with Gasteiger partial charge in [0.1, 0.15) is 6.54 Å². The van der Waals surface area contributed by atoms with Gasteiger partial charge in [0.15, 0.2) is 5.25 Å². The molecule has 9 nitrogen and oxygen atoms in total. The maximum atomic E-state index is 11.8. The van der Waals surface area contributed by atoms with Crippen molar-refractivity contribution in [2.24, 2.45) is 0 Å². The zero-order valence-electron chi connectivity index (χ0n) is 10.2. The Labute approximate surface area is 109 Å². The standard InChI is InChI=1S/C9H13N3O6S/c1-6(9(15)18-2)19(16,17)11-7-3-10-12(4-7)5-8(13)14/h3-4,6,11H,5H2,1-2H3,(H,13,14). The number of carbonyl (C=O) groups is 2. The topological polar surface area (TPSA) is 128 Å². The van der Waals surface area contributed by atoms with Crippen LogP contribution in [0.5, 0.6) is 0 Å². The number of nitrogens with zero attached hydrogens (tertiary/aromatic N) is 2. The Morgan fingerprint density at radius 2 is 2.21 bits per heavy atom. The Hall–Kier alpha value is -2.10. The molecule has 1 unspecified atom stereocenters. The van der Waals surface area contributed by atoms with Crippen LogP contribution in [0.25, 0.3) is 0 Å². The number of sulfonamides is 1. The van der Waals surface area contributed by atoms with Crippen molar-refractivity contribution in [3.63, 3.8) is 0 Å². The van der Waals surface area contributed by atoms with Gasteiger partial charge in [-0.3, -0.25) is 19.0 Å². The third-order valence-corrected chi connectivity index (χ3v) is 3.83. The van der Waals surface area contributed by atoms with E-state index in [9.17, 15) is 18.0 Å². The molecule has 1 aromatic heterocycles. The molecule has 1 heterocycles. The molecule has 0 radical (unpaired) electrons. The predicted octanol–water partition coefficient (Wildman–Crippen LogP) is -0.729. The SMILES string of the molecule is COC(=O)C(C)S(=O)(=O)Nc1cnn(CC(=O)O)c1. The highest BCUT2D eigenvalue weighted by Gasteiger charge is 2.29. The van der Waals surface area contributed by atoms with E-state index in [1.165, 1.54) is 13.1 Å². The number of nitrogens with one attached hydrogen (secondary N) is 1. The fraction of sp³-hybridized carbons (Fsp3) is 0.444. The second-order valence-electron chi connectivity index (χ2n) is 3.63. The smallest absolute Gasteiger partial charge is 0.325 e. The number of rotatable bonds is 6. The Balaban J connectivity index is 2.81. The lowest BCUT2D eigenvalue weighted by Crippen LogP contribution is -2.33. The van der Waals surface area contributed by atoms with Crippen LogP contribution in [0.4, 0.5) is 5.69 Å². The average molecular weight is 291 g/mol. The van der Waals surface area contributed by atoms with E-state index in [0.29, 0.717) is 0 Å². The van der Waals surface area contributed by atoms with Crippen LogP contribution in [0.15, 0.2) is 12.4 Å². The molecule has 1 aromatic rings. The second kappa shape index (κ2) is 5.69. The lowest BCUT2D eigenvalue weighted by atomic mass is 10.5. The van der Waals surface area contributed by atoms with E-state index >= 15 is 0 Å². The van der Waals surface area contributed by atoms with E-state index in [1.54, 1.807) is 0 Å². The van der Waals surface area contributed by atoms with E-state index in [-0.39, 0.29) is 5.69 Å². The number of carbonyl (C=O) groups excluding carboxylic acids is 1. The third-order valence-electron chi connectivity index (χ3n) is 2.19. The monoisotopic (exact) mass is 291 g/mol. The summed E-state index contributed by atoms with van der Waals surface area (Å²) in [4.78, 5) is 21.6. The van der Waals surface area contributed by atoms with Crippen molar-refractivity contribution in [1.29, 1.82) is 0 Å². The molecule has 0 amide bonds. The van der Waals surface area contributed by atoms with Crippen LogP contribution in [0.1, 0.15) is 6.92 Å². The van der Waals surface area contributed by atoms with Gasteiger partial charge in [-0.15, -0.1) is 0 Å². The number of esters is 1. The molecule has 0 spiro atoms. The molecule has 0 fully saturated rings. The molecular formula is C9H13N3O6S. The molecule has 1 atom stereocenters. The second-order valence-corrected chi connectivity index (χ2v) is 5.63. The first kappa shape index (κ1) is 15.0. The van der Waals surface area contributed by atoms with E-state index in [4.69, 9.17) is 5.11 Å². The van der Waals surface area contributed by atoms with Crippen molar-refractivity contribution in [1.82, 2.24) is 9.78 Å². The van der Waals surface area contributed by atoms with Gasteiger partial charge in [-0.1, -0.05) is 0 Å². The molecule has 0 bridgehead atoms. The van der Waals surface area contributed by atoms with Gasteiger partial charge in [0.05, 0.1) is 19.0 Å². The maximum Gasteiger partial charge on any atom is 0.325 e. The lowest BCUT2D eigenvalue weighted by Gasteiger charge is -2.11. The highest BCUT2D eigenvalue weighted by Crippen LogP contribution is 2.11. The molecule has 2 N–H and O–H groups in total. The number of hydrogen-bond donors (Lipinski definition) is 2. The predicted molar refractivity (Wildman–Crippen MR) is 63.9 cm³/mol. The van der Waals surface area contributed by atoms with Gasteiger partial charge in [-0.25, -0.2) is 8.42 Å². The van der Waals surface area contributed by atoms with Crippen molar-refractivity contribution in [2.45, 2.75) is 18.7 Å². The van der Waals surface area contributed by atoms with Gasteiger partial charge in [-0.05, 0) is 6.92 Å². The summed E-state index contributed by atoms with van der Waals surface area (Å²) in [7, 11) is -2.88. The van der Waals surface area contributed by atoms with E-state index in [0.717, 1.165) is 18.0 Å². The van der Waals surface area contributed by atoms with Crippen molar-refractivity contribution in [3.8, 4) is 0 Å². The molecule has 0 aromatic carbocycles. The Bertz CT molecular complexity index is 579. The maximum absolute atomic E-state index is 11.8. The van der Waals surface area contributed by atoms with Crippen LogP contribution in [0, 0.1) is 0 Å². The van der Waals surface area contributed by atoms with Crippen LogP contribution in [-0.2, 0) is 30.9 Å². The van der Waals surface area contributed by atoms with E-state index in [2.05, 4.69) is 14.6 Å².